The maximum atomic E-state index is 8.73. The maximum absolute atomic E-state index is 8.73. The van der Waals surface area contributed by atoms with Crippen LogP contribution in [0.5, 0.6) is 0 Å². The standard InChI is InChI=1S/C15H22N2O/c16-12-13-5-6-14-7-9-17(15(14)11-13)8-3-1-2-4-10-18/h5-7,9,11,18H,1-4,8,10,12,16H2. The normalized spacial score (nSPS) is 11.2. The second-order valence-electron chi connectivity index (χ2n) is 4.74. The fraction of sp³-hybridized carbons (Fsp3) is 0.467. The van der Waals surface area contributed by atoms with Crippen LogP contribution in [0.3, 0.4) is 0 Å². The van der Waals surface area contributed by atoms with Gasteiger partial charge in [-0.1, -0.05) is 25.0 Å². The highest BCUT2D eigenvalue weighted by Gasteiger charge is 2.01. The van der Waals surface area contributed by atoms with Gasteiger partial charge in [-0.3, -0.25) is 0 Å². The van der Waals surface area contributed by atoms with Gasteiger partial charge in [-0.2, -0.15) is 0 Å². The summed E-state index contributed by atoms with van der Waals surface area (Å²) in [5.41, 5.74) is 8.14. The van der Waals surface area contributed by atoms with E-state index in [1.165, 1.54) is 22.9 Å². The molecular weight excluding hydrogens is 224 g/mol. The topological polar surface area (TPSA) is 51.2 Å². The molecule has 1 aromatic heterocycles. The Morgan fingerprint density at radius 1 is 1.06 bits per heavy atom. The quantitative estimate of drug-likeness (QED) is 0.738. The number of fused-ring (bicyclic) bond motifs is 1. The van der Waals surface area contributed by atoms with Gasteiger partial charge in [-0.15, -0.1) is 0 Å². The maximum Gasteiger partial charge on any atom is 0.0483 e. The molecule has 0 unspecified atom stereocenters. The minimum atomic E-state index is 0.312. The van der Waals surface area contributed by atoms with Crippen LogP contribution >= 0.6 is 0 Å². The van der Waals surface area contributed by atoms with Crippen molar-refractivity contribution < 1.29 is 5.11 Å². The van der Waals surface area contributed by atoms with Gasteiger partial charge in [0.1, 0.15) is 0 Å². The van der Waals surface area contributed by atoms with Gasteiger partial charge in [0.05, 0.1) is 0 Å². The molecule has 0 saturated carbocycles. The Hall–Kier alpha value is -1.32. The van der Waals surface area contributed by atoms with E-state index in [1.54, 1.807) is 0 Å². The zero-order valence-electron chi connectivity index (χ0n) is 10.8. The third-order valence-corrected chi connectivity index (χ3v) is 3.38. The van der Waals surface area contributed by atoms with Crippen LogP contribution < -0.4 is 5.73 Å². The van der Waals surface area contributed by atoms with Crippen molar-refractivity contribution in [2.75, 3.05) is 6.61 Å². The van der Waals surface area contributed by atoms with E-state index in [0.29, 0.717) is 13.2 Å². The fourth-order valence-corrected chi connectivity index (χ4v) is 2.30. The summed E-state index contributed by atoms with van der Waals surface area (Å²) in [6, 6.07) is 8.57. The summed E-state index contributed by atoms with van der Waals surface area (Å²) in [6.45, 7) is 1.95. The molecule has 0 spiro atoms. The van der Waals surface area contributed by atoms with E-state index < -0.39 is 0 Å². The molecule has 0 aliphatic rings. The third kappa shape index (κ3) is 3.12. The Bertz CT molecular complexity index is 490. The van der Waals surface area contributed by atoms with E-state index in [4.69, 9.17) is 10.8 Å². The summed E-state index contributed by atoms with van der Waals surface area (Å²) in [7, 11) is 0. The van der Waals surface area contributed by atoms with Gasteiger partial charge in [0, 0.05) is 31.4 Å². The van der Waals surface area contributed by atoms with Crippen molar-refractivity contribution in [2.24, 2.45) is 5.73 Å². The molecule has 98 valence electrons. The van der Waals surface area contributed by atoms with Crippen LogP contribution in [0.1, 0.15) is 31.2 Å². The molecular formula is C15H22N2O. The number of unbranched alkanes of at least 4 members (excludes halogenated alkanes) is 3. The average molecular weight is 246 g/mol. The summed E-state index contributed by atoms with van der Waals surface area (Å²) in [5, 5.41) is 10.0. The number of aliphatic hydroxyl groups is 1. The van der Waals surface area contributed by atoms with Crippen LogP contribution in [0.15, 0.2) is 30.5 Å². The van der Waals surface area contributed by atoms with Gasteiger partial charge in [-0.25, -0.2) is 0 Å². The summed E-state index contributed by atoms with van der Waals surface area (Å²) >= 11 is 0. The number of hydrogen-bond acceptors (Lipinski definition) is 2. The highest BCUT2D eigenvalue weighted by molar-refractivity contribution is 5.80. The molecule has 1 aromatic carbocycles. The highest BCUT2D eigenvalue weighted by Crippen LogP contribution is 2.18. The molecule has 1 heterocycles. The monoisotopic (exact) mass is 246 g/mol. The van der Waals surface area contributed by atoms with E-state index >= 15 is 0 Å². The predicted octanol–water partition coefficient (Wildman–Crippen LogP) is 2.65. The lowest BCUT2D eigenvalue weighted by Gasteiger charge is -2.06. The lowest BCUT2D eigenvalue weighted by molar-refractivity contribution is 0.282. The van der Waals surface area contributed by atoms with Gasteiger partial charge in [-0.05, 0) is 35.9 Å². The predicted molar refractivity (Wildman–Crippen MR) is 75.4 cm³/mol. The molecule has 0 aliphatic heterocycles. The summed E-state index contributed by atoms with van der Waals surface area (Å²) < 4.78 is 2.30. The lowest BCUT2D eigenvalue weighted by Crippen LogP contribution is -1.99. The number of nitrogens with two attached hydrogens (primary N) is 1. The average Bonchev–Trinajstić information content (AvgIpc) is 2.81. The van der Waals surface area contributed by atoms with E-state index in [-0.39, 0.29) is 0 Å². The molecule has 3 N–H and O–H groups in total. The number of aryl methyl sites for hydroxylation is 1. The van der Waals surface area contributed by atoms with Crippen molar-refractivity contribution in [3.63, 3.8) is 0 Å². The third-order valence-electron chi connectivity index (χ3n) is 3.38. The molecule has 2 aromatic rings. The second kappa shape index (κ2) is 6.57. The molecule has 0 bridgehead atoms. The summed E-state index contributed by atoms with van der Waals surface area (Å²) in [4.78, 5) is 0. The van der Waals surface area contributed by atoms with Gasteiger partial charge < -0.3 is 15.4 Å². The minimum absolute atomic E-state index is 0.312. The van der Waals surface area contributed by atoms with Crippen molar-refractivity contribution in [1.82, 2.24) is 4.57 Å². The molecule has 0 aliphatic carbocycles. The van der Waals surface area contributed by atoms with Crippen LogP contribution in [-0.4, -0.2) is 16.3 Å². The molecule has 0 amide bonds. The number of nitrogens with zero attached hydrogens (tertiary/aromatic N) is 1. The smallest absolute Gasteiger partial charge is 0.0483 e. The van der Waals surface area contributed by atoms with Gasteiger partial charge in [0.25, 0.3) is 0 Å². The number of aromatic nitrogens is 1. The second-order valence-corrected chi connectivity index (χ2v) is 4.74. The first-order chi connectivity index (χ1) is 8.85. The van der Waals surface area contributed by atoms with E-state index in [9.17, 15) is 0 Å². The highest BCUT2D eigenvalue weighted by atomic mass is 16.2. The molecule has 3 heteroatoms. The minimum Gasteiger partial charge on any atom is -0.396 e. The Labute approximate surface area is 108 Å². The van der Waals surface area contributed by atoms with E-state index in [2.05, 4.69) is 35.0 Å². The van der Waals surface area contributed by atoms with Crippen LogP contribution in [0.2, 0.25) is 0 Å². The van der Waals surface area contributed by atoms with Gasteiger partial charge in [0.2, 0.25) is 0 Å². The van der Waals surface area contributed by atoms with E-state index in [0.717, 1.165) is 25.8 Å². The van der Waals surface area contributed by atoms with Crippen LogP contribution in [0.25, 0.3) is 10.9 Å². The number of rotatable bonds is 7. The molecule has 0 fully saturated rings. The number of aliphatic hydroxyl groups excluding tert-OH is 1. The number of benzene rings is 1. The zero-order chi connectivity index (χ0) is 12.8. The molecule has 2 rings (SSSR count). The Morgan fingerprint density at radius 2 is 1.89 bits per heavy atom. The van der Waals surface area contributed by atoms with Gasteiger partial charge >= 0.3 is 0 Å². The first kappa shape index (κ1) is 13.1. The van der Waals surface area contributed by atoms with Crippen molar-refractivity contribution in [1.29, 1.82) is 0 Å². The molecule has 18 heavy (non-hydrogen) atoms. The summed E-state index contributed by atoms with van der Waals surface area (Å²) in [5.74, 6) is 0. The largest absolute Gasteiger partial charge is 0.396 e. The summed E-state index contributed by atoms with van der Waals surface area (Å²) in [6.07, 6.45) is 6.53. The van der Waals surface area contributed by atoms with Crippen molar-refractivity contribution >= 4 is 10.9 Å². The van der Waals surface area contributed by atoms with Crippen molar-refractivity contribution in [2.45, 2.75) is 38.8 Å². The first-order valence-electron chi connectivity index (χ1n) is 6.74. The van der Waals surface area contributed by atoms with Gasteiger partial charge in [0.15, 0.2) is 0 Å². The van der Waals surface area contributed by atoms with Crippen LogP contribution in [-0.2, 0) is 13.1 Å². The molecule has 0 atom stereocenters. The van der Waals surface area contributed by atoms with Crippen molar-refractivity contribution in [3.8, 4) is 0 Å². The van der Waals surface area contributed by atoms with Crippen LogP contribution in [0.4, 0.5) is 0 Å². The number of hydrogen-bond donors (Lipinski definition) is 2. The molecule has 0 saturated heterocycles. The van der Waals surface area contributed by atoms with Crippen molar-refractivity contribution in [3.05, 3.63) is 36.0 Å². The Balaban J connectivity index is 1.99. The molecule has 0 radical (unpaired) electrons. The van der Waals surface area contributed by atoms with E-state index in [1.807, 2.05) is 0 Å². The zero-order valence-corrected chi connectivity index (χ0v) is 10.8. The SMILES string of the molecule is NCc1ccc2ccn(CCCCCCO)c2c1. The first-order valence-corrected chi connectivity index (χ1v) is 6.74. The Morgan fingerprint density at radius 3 is 2.67 bits per heavy atom. The lowest BCUT2D eigenvalue weighted by atomic mass is 10.1. The van der Waals surface area contributed by atoms with Crippen LogP contribution in [0, 0.1) is 0 Å². The fourth-order valence-electron chi connectivity index (χ4n) is 2.30. The molecule has 3 nitrogen and oxygen atoms in total. The Kier molecular flexibility index (Phi) is 4.79.